The predicted molar refractivity (Wildman–Crippen MR) is 79.0 cm³/mol. The predicted octanol–water partition coefficient (Wildman–Crippen LogP) is 3.78. The zero-order valence-electron chi connectivity index (χ0n) is 12.3. The summed E-state index contributed by atoms with van der Waals surface area (Å²) in [5.41, 5.74) is 0.0958. The number of rotatable bonds is 3. The highest BCUT2D eigenvalue weighted by Crippen LogP contribution is 2.36. The van der Waals surface area contributed by atoms with Gasteiger partial charge in [-0.3, -0.25) is 4.90 Å². The van der Waals surface area contributed by atoms with Crippen LogP contribution in [0.5, 0.6) is 0 Å². The first-order valence-electron chi connectivity index (χ1n) is 7.02. The second kappa shape index (κ2) is 5.60. The van der Waals surface area contributed by atoms with E-state index in [2.05, 4.69) is 43.6 Å². The van der Waals surface area contributed by atoms with E-state index in [1.165, 1.54) is 16.3 Å². The number of nitriles is 1. The molecule has 0 aliphatic carbocycles. The first-order valence-corrected chi connectivity index (χ1v) is 7.84. The Bertz CT molecular complexity index is 470. The number of thiazole rings is 1. The molecule has 1 aliphatic rings. The largest absolute Gasteiger partial charge is 0.282 e. The average molecular weight is 277 g/mol. The summed E-state index contributed by atoms with van der Waals surface area (Å²) < 4.78 is 0. The number of piperidine rings is 1. The lowest BCUT2D eigenvalue weighted by molar-refractivity contribution is 0.0670. The summed E-state index contributed by atoms with van der Waals surface area (Å²) in [6, 6.07) is 2.52. The van der Waals surface area contributed by atoms with Crippen LogP contribution in [0.2, 0.25) is 0 Å². The molecular formula is C15H23N3S. The molecule has 0 bridgehead atoms. The summed E-state index contributed by atoms with van der Waals surface area (Å²) in [6.07, 6.45) is 4.30. The van der Waals surface area contributed by atoms with Gasteiger partial charge in [-0.2, -0.15) is 5.26 Å². The molecular weight excluding hydrogens is 254 g/mol. The Morgan fingerprint density at radius 1 is 1.58 bits per heavy atom. The molecule has 2 rings (SSSR count). The Balaban J connectivity index is 2.10. The van der Waals surface area contributed by atoms with E-state index in [0.717, 1.165) is 19.5 Å². The van der Waals surface area contributed by atoms with E-state index in [1.54, 1.807) is 11.3 Å². The van der Waals surface area contributed by atoms with Gasteiger partial charge in [0.15, 0.2) is 0 Å². The molecule has 0 amide bonds. The van der Waals surface area contributed by atoms with Crippen LogP contribution < -0.4 is 0 Å². The van der Waals surface area contributed by atoms with Crippen molar-refractivity contribution in [2.45, 2.75) is 59.0 Å². The lowest BCUT2D eigenvalue weighted by atomic mass is 9.77. The molecule has 1 saturated heterocycles. The summed E-state index contributed by atoms with van der Waals surface area (Å²) >= 11 is 1.79. The van der Waals surface area contributed by atoms with Crippen LogP contribution in [0.15, 0.2) is 6.20 Å². The first kappa shape index (κ1) is 14.5. The van der Waals surface area contributed by atoms with Crippen LogP contribution in [0.4, 0.5) is 0 Å². The van der Waals surface area contributed by atoms with Gasteiger partial charge in [0.25, 0.3) is 0 Å². The molecule has 19 heavy (non-hydrogen) atoms. The molecule has 4 heteroatoms. The van der Waals surface area contributed by atoms with Gasteiger partial charge in [-0.05, 0) is 24.8 Å². The third kappa shape index (κ3) is 3.16. The zero-order valence-corrected chi connectivity index (χ0v) is 13.1. The molecule has 2 heterocycles. The van der Waals surface area contributed by atoms with Crippen LogP contribution >= 0.6 is 11.3 Å². The van der Waals surface area contributed by atoms with Crippen molar-refractivity contribution in [2.75, 3.05) is 6.54 Å². The van der Waals surface area contributed by atoms with Crippen LogP contribution in [0.25, 0.3) is 0 Å². The molecule has 1 aromatic heterocycles. The van der Waals surface area contributed by atoms with Gasteiger partial charge in [0.2, 0.25) is 0 Å². The highest BCUT2D eigenvalue weighted by Gasteiger charge is 2.37. The van der Waals surface area contributed by atoms with Crippen LogP contribution in [0, 0.1) is 16.7 Å². The maximum absolute atomic E-state index is 9.46. The minimum Gasteiger partial charge on any atom is -0.282 e. The molecule has 104 valence electrons. The van der Waals surface area contributed by atoms with Crippen LogP contribution in [-0.4, -0.2) is 22.5 Å². The Kier molecular flexibility index (Phi) is 4.27. The summed E-state index contributed by atoms with van der Waals surface area (Å²) in [6.45, 7) is 10.6. The number of likely N-dealkylation sites (tertiary alicyclic amines) is 1. The van der Waals surface area contributed by atoms with E-state index < -0.39 is 0 Å². The van der Waals surface area contributed by atoms with E-state index in [1.807, 2.05) is 6.20 Å². The molecule has 3 nitrogen and oxygen atoms in total. The Labute approximate surface area is 120 Å². The average Bonchev–Trinajstić information content (AvgIpc) is 2.77. The van der Waals surface area contributed by atoms with Crippen LogP contribution in [0.1, 0.15) is 56.3 Å². The van der Waals surface area contributed by atoms with E-state index in [9.17, 15) is 5.26 Å². The highest BCUT2D eigenvalue weighted by atomic mass is 32.1. The normalized spacial score (nSPS) is 23.5. The first-order chi connectivity index (χ1) is 8.94. The van der Waals surface area contributed by atoms with E-state index in [4.69, 9.17) is 0 Å². The monoisotopic (exact) mass is 277 g/mol. The second-order valence-electron chi connectivity index (χ2n) is 6.41. The van der Waals surface area contributed by atoms with Gasteiger partial charge in [-0.25, -0.2) is 4.98 Å². The summed E-state index contributed by atoms with van der Waals surface area (Å²) in [5.74, 6) is 0.489. The smallest absolute Gasteiger partial charge is 0.103 e. The molecule has 0 unspecified atom stereocenters. The Morgan fingerprint density at radius 2 is 2.32 bits per heavy atom. The van der Waals surface area contributed by atoms with Crippen molar-refractivity contribution in [1.82, 2.24) is 9.88 Å². The molecule has 1 atom stereocenters. The lowest BCUT2D eigenvalue weighted by Gasteiger charge is -2.42. The highest BCUT2D eigenvalue weighted by molar-refractivity contribution is 7.11. The van der Waals surface area contributed by atoms with Crippen LogP contribution in [0.3, 0.4) is 0 Å². The minimum atomic E-state index is 0.0193. The van der Waals surface area contributed by atoms with Crippen LogP contribution in [-0.2, 0) is 6.54 Å². The van der Waals surface area contributed by atoms with Gasteiger partial charge >= 0.3 is 0 Å². The molecule has 1 aliphatic heterocycles. The third-order valence-electron chi connectivity index (χ3n) is 3.92. The van der Waals surface area contributed by atoms with E-state index in [-0.39, 0.29) is 11.5 Å². The van der Waals surface area contributed by atoms with Crippen molar-refractivity contribution >= 4 is 11.3 Å². The van der Waals surface area contributed by atoms with Gasteiger partial charge in [0.05, 0.1) is 11.1 Å². The third-order valence-corrected chi connectivity index (χ3v) is 5.20. The molecule has 0 radical (unpaired) electrons. The van der Waals surface area contributed by atoms with Crippen molar-refractivity contribution in [3.63, 3.8) is 0 Å². The summed E-state index contributed by atoms with van der Waals surface area (Å²) in [4.78, 5) is 8.08. The molecule has 0 saturated carbocycles. The number of hydrogen-bond donors (Lipinski definition) is 0. The molecule has 0 N–H and O–H groups in total. The fraction of sp³-hybridized carbons (Fsp3) is 0.733. The fourth-order valence-corrected chi connectivity index (χ4v) is 3.73. The lowest BCUT2D eigenvalue weighted by Crippen LogP contribution is -2.48. The fourth-order valence-electron chi connectivity index (χ4n) is 2.79. The Hall–Kier alpha value is -0.920. The van der Waals surface area contributed by atoms with Gasteiger partial charge in [-0.1, -0.05) is 27.7 Å². The molecule has 1 fully saturated rings. The van der Waals surface area contributed by atoms with Gasteiger partial charge < -0.3 is 0 Å². The summed E-state index contributed by atoms with van der Waals surface area (Å²) in [5, 5.41) is 10.7. The number of nitrogens with zero attached hydrogens (tertiary/aromatic N) is 3. The van der Waals surface area contributed by atoms with Crippen molar-refractivity contribution < 1.29 is 0 Å². The van der Waals surface area contributed by atoms with Gasteiger partial charge in [-0.15, -0.1) is 11.3 Å². The maximum atomic E-state index is 9.46. The molecule has 0 spiro atoms. The molecule has 0 aromatic carbocycles. The van der Waals surface area contributed by atoms with E-state index >= 15 is 0 Å². The second-order valence-corrected chi connectivity index (χ2v) is 7.56. The topological polar surface area (TPSA) is 39.9 Å². The van der Waals surface area contributed by atoms with Crippen molar-refractivity contribution in [3.05, 3.63) is 16.1 Å². The SMILES string of the molecule is CC(C)c1ncc(CN2CCCC(C)(C)[C@H]2C#N)s1. The standard InChI is InChI=1S/C15H23N3S/c1-11(2)14-17-9-12(19-14)10-18-7-5-6-15(3,4)13(18)8-16/h9,11,13H,5-7,10H2,1-4H3/t13-/m1/s1. The van der Waals surface area contributed by atoms with Gasteiger partial charge in [0.1, 0.15) is 6.04 Å². The zero-order chi connectivity index (χ0) is 14.0. The number of hydrogen-bond acceptors (Lipinski definition) is 4. The van der Waals surface area contributed by atoms with Crippen molar-refractivity contribution in [1.29, 1.82) is 5.26 Å². The van der Waals surface area contributed by atoms with Gasteiger partial charge in [0, 0.05) is 23.5 Å². The Morgan fingerprint density at radius 3 is 2.89 bits per heavy atom. The van der Waals surface area contributed by atoms with E-state index in [0.29, 0.717) is 5.92 Å². The van der Waals surface area contributed by atoms with Crippen molar-refractivity contribution in [2.24, 2.45) is 5.41 Å². The quantitative estimate of drug-likeness (QED) is 0.844. The molecule has 1 aromatic rings. The minimum absolute atomic E-state index is 0.0193. The van der Waals surface area contributed by atoms with Crippen molar-refractivity contribution in [3.8, 4) is 6.07 Å². The maximum Gasteiger partial charge on any atom is 0.103 e. The number of aromatic nitrogens is 1. The summed E-state index contributed by atoms with van der Waals surface area (Å²) in [7, 11) is 0.